The third-order valence-electron chi connectivity index (χ3n) is 8.66. The van der Waals surface area contributed by atoms with Gasteiger partial charge in [0.15, 0.2) is 0 Å². The van der Waals surface area contributed by atoms with Gasteiger partial charge in [0.2, 0.25) is 0 Å². The summed E-state index contributed by atoms with van der Waals surface area (Å²) in [7, 11) is 0. The molecular formula is C38H35N5O4. The Morgan fingerprint density at radius 1 is 0.830 bits per heavy atom. The molecule has 0 radical (unpaired) electrons. The molecule has 2 aromatic heterocycles. The first-order valence-corrected chi connectivity index (χ1v) is 15.7. The van der Waals surface area contributed by atoms with E-state index in [1.165, 1.54) is 0 Å². The molecule has 0 bridgehead atoms. The Balaban J connectivity index is 1.15. The lowest BCUT2D eigenvalue weighted by Crippen LogP contribution is -2.54. The lowest BCUT2D eigenvalue weighted by Gasteiger charge is -2.34. The van der Waals surface area contributed by atoms with Crippen LogP contribution in [-0.2, 0) is 4.79 Å². The second-order valence-corrected chi connectivity index (χ2v) is 12.3. The molecule has 236 valence electrons. The summed E-state index contributed by atoms with van der Waals surface area (Å²) in [6, 6.07) is 30.8. The van der Waals surface area contributed by atoms with Gasteiger partial charge in [0.25, 0.3) is 17.7 Å². The number of carbonyl (C=O) groups is 3. The van der Waals surface area contributed by atoms with Crippen LogP contribution in [0.3, 0.4) is 0 Å². The Hall–Kier alpha value is -5.83. The van der Waals surface area contributed by atoms with Crippen molar-refractivity contribution >= 4 is 39.5 Å². The van der Waals surface area contributed by atoms with E-state index >= 15 is 0 Å². The molecule has 9 nitrogen and oxygen atoms in total. The molecule has 1 aliphatic rings. The number of aromatic nitrogens is 2. The lowest BCUT2D eigenvalue weighted by molar-refractivity contribution is -0.127. The number of ether oxygens (including phenoxy) is 1. The number of para-hydroxylation sites is 2. The fourth-order valence-electron chi connectivity index (χ4n) is 6.59. The van der Waals surface area contributed by atoms with Crippen LogP contribution in [0.2, 0.25) is 0 Å². The quantitative estimate of drug-likeness (QED) is 0.134. The molecule has 1 aliphatic heterocycles. The fourth-order valence-corrected chi connectivity index (χ4v) is 6.59. The van der Waals surface area contributed by atoms with E-state index in [1.54, 1.807) is 11.0 Å². The van der Waals surface area contributed by atoms with Crippen molar-refractivity contribution in [2.75, 3.05) is 0 Å². The first-order chi connectivity index (χ1) is 22.8. The Bertz CT molecular complexity index is 2130. The van der Waals surface area contributed by atoms with E-state index in [4.69, 9.17) is 4.74 Å². The highest BCUT2D eigenvalue weighted by Crippen LogP contribution is 2.44. The van der Waals surface area contributed by atoms with Crippen LogP contribution >= 0.6 is 0 Å². The van der Waals surface area contributed by atoms with E-state index in [0.717, 1.165) is 38.6 Å². The number of amides is 3. The largest absolute Gasteiger partial charge is 0.457 e. The zero-order chi connectivity index (χ0) is 32.7. The van der Waals surface area contributed by atoms with Crippen molar-refractivity contribution in [1.29, 1.82) is 0 Å². The van der Waals surface area contributed by atoms with Crippen LogP contribution < -0.4 is 15.6 Å². The zero-order valence-corrected chi connectivity index (χ0v) is 26.3. The van der Waals surface area contributed by atoms with E-state index in [0.29, 0.717) is 23.5 Å². The summed E-state index contributed by atoms with van der Waals surface area (Å²) < 4.78 is 5.93. The van der Waals surface area contributed by atoms with E-state index < -0.39 is 23.9 Å². The van der Waals surface area contributed by atoms with Gasteiger partial charge in [0.1, 0.15) is 23.2 Å². The topological polar surface area (TPSA) is 119 Å². The smallest absolute Gasteiger partial charge is 0.286 e. The summed E-state index contributed by atoms with van der Waals surface area (Å²) in [5, 5.41) is 1.78. The third kappa shape index (κ3) is 5.61. The van der Waals surface area contributed by atoms with Crippen LogP contribution in [0.5, 0.6) is 11.5 Å². The van der Waals surface area contributed by atoms with Crippen LogP contribution in [0, 0.1) is 12.8 Å². The Morgan fingerprint density at radius 3 is 2.38 bits per heavy atom. The number of aromatic amines is 2. The van der Waals surface area contributed by atoms with Gasteiger partial charge in [-0.25, -0.2) is 0 Å². The van der Waals surface area contributed by atoms with Crippen LogP contribution in [0.1, 0.15) is 64.0 Å². The minimum atomic E-state index is -0.853. The highest BCUT2D eigenvalue weighted by molar-refractivity contribution is 6.04. The average molecular weight is 626 g/mol. The molecule has 0 saturated carbocycles. The van der Waals surface area contributed by atoms with Crippen LogP contribution in [0.25, 0.3) is 21.8 Å². The molecule has 3 heterocycles. The second kappa shape index (κ2) is 12.2. The van der Waals surface area contributed by atoms with Gasteiger partial charge in [-0.1, -0.05) is 68.4 Å². The van der Waals surface area contributed by atoms with E-state index in [-0.39, 0.29) is 17.5 Å². The highest BCUT2D eigenvalue weighted by Gasteiger charge is 2.45. The molecule has 4 N–H and O–H groups in total. The molecule has 0 spiro atoms. The Morgan fingerprint density at radius 2 is 1.57 bits per heavy atom. The number of hydrazine groups is 1. The SMILES string of the molecule is Cc1[nH]c2ccccc2c1C1c2ccccc2C(=O)N1C(CC(C)C)C(=O)NNC(=O)c1cc2cc(Oc3ccccc3)ccc2[nH]1. The number of fused-ring (bicyclic) bond motifs is 3. The minimum absolute atomic E-state index is 0.0867. The van der Waals surface area contributed by atoms with Crippen LogP contribution in [0.15, 0.2) is 103 Å². The number of hydrogen-bond donors (Lipinski definition) is 4. The predicted molar refractivity (Wildman–Crippen MR) is 181 cm³/mol. The number of nitrogens with zero attached hydrogens (tertiary/aromatic N) is 1. The maximum absolute atomic E-state index is 14.1. The van der Waals surface area contributed by atoms with Crippen molar-refractivity contribution in [2.24, 2.45) is 5.92 Å². The molecule has 47 heavy (non-hydrogen) atoms. The summed E-state index contributed by atoms with van der Waals surface area (Å²) in [4.78, 5) is 49.6. The van der Waals surface area contributed by atoms with Crippen molar-refractivity contribution in [3.05, 3.63) is 131 Å². The van der Waals surface area contributed by atoms with Crippen LogP contribution in [-0.4, -0.2) is 38.6 Å². The first kappa shape index (κ1) is 29.9. The summed E-state index contributed by atoms with van der Waals surface area (Å²) in [6.45, 7) is 6.02. The Kier molecular flexibility index (Phi) is 7.73. The van der Waals surface area contributed by atoms with E-state index in [9.17, 15) is 14.4 Å². The molecule has 0 fully saturated rings. The monoisotopic (exact) mass is 625 g/mol. The molecule has 2 atom stereocenters. The summed E-state index contributed by atoms with van der Waals surface area (Å²) in [5.74, 6) is 0.237. The van der Waals surface area contributed by atoms with Gasteiger partial charge in [-0.15, -0.1) is 0 Å². The molecule has 0 saturated heterocycles. The number of benzene rings is 4. The van der Waals surface area contributed by atoms with E-state index in [2.05, 4.69) is 20.8 Å². The predicted octanol–water partition coefficient (Wildman–Crippen LogP) is 7.17. The van der Waals surface area contributed by atoms with Gasteiger partial charge in [-0.05, 0) is 73.4 Å². The maximum Gasteiger partial charge on any atom is 0.286 e. The van der Waals surface area contributed by atoms with Gasteiger partial charge in [0, 0.05) is 38.6 Å². The summed E-state index contributed by atoms with van der Waals surface area (Å²) in [6.07, 6.45) is 0.399. The fraction of sp³-hybridized carbons (Fsp3) is 0.184. The zero-order valence-electron chi connectivity index (χ0n) is 26.3. The number of hydrogen-bond acceptors (Lipinski definition) is 4. The van der Waals surface area contributed by atoms with Gasteiger partial charge < -0.3 is 19.6 Å². The highest BCUT2D eigenvalue weighted by atomic mass is 16.5. The van der Waals surface area contributed by atoms with Crippen molar-refractivity contribution in [3.63, 3.8) is 0 Å². The molecule has 2 unspecified atom stereocenters. The molecule has 0 aliphatic carbocycles. The molecule has 7 rings (SSSR count). The number of rotatable bonds is 8. The van der Waals surface area contributed by atoms with Crippen molar-refractivity contribution in [2.45, 2.75) is 39.3 Å². The van der Waals surface area contributed by atoms with Gasteiger partial charge >= 0.3 is 0 Å². The molecular weight excluding hydrogens is 590 g/mol. The molecule has 6 aromatic rings. The number of carbonyl (C=O) groups excluding carboxylic acids is 3. The van der Waals surface area contributed by atoms with Crippen molar-refractivity contribution in [1.82, 2.24) is 25.7 Å². The number of nitrogens with one attached hydrogen (secondary N) is 4. The standard InChI is InChI=1S/C38H35N5O4/c1-22(2)19-33(43-35(27-13-7-8-14-28(27)38(43)46)34-23(3)39-31-16-10-9-15-29(31)34)37(45)42-41-36(44)32-21-24-20-26(17-18-30(24)40-32)47-25-11-5-4-6-12-25/h4-18,20-22,33,35,39-40H,19H2,1-3H3,(H,41,44)(H,42,45). The van der Waals surface area contributed by atoms with E-state index in [1.807, 2.05) is 118 Å². The van der Waals surface area contributed by atoms with Crippen LogP contribution in [0.4, 0.5) is 0 Å². The normalized spacial score (nSPS) is 14.9. The molecule has 9 heteroatoms. The lowest BCUT2D eigenvalue weighted by atomic mass is 9.93. The molecule has 3 amide bonds. The van der Waals surface area contributed by atoms with Gasteiger partial charge in [0.05, 0.1) is 6.04 Å². The summed E-state index contributed by atoms with van der Waals surface area (Å²) in [5.41, 5.74) is 10.5. The average Bonchev–Trinajstić information content (AvgIpc) is 3.73. The third-order valence-corrected chi connectivity index (χ3v) is 8.66. The van der Waals surface area contributed by atoms with Crippen molar-refractivity contribution < 1.29 is 19.1 Å². The second-order valence-electron chi connectivity index (χ2n) is 12.3. The van der Waals surface area contributed by atoms with Crippen molar-refractivity contribution in [3.8, 4) is 11.5 Å². The maximum atomic E-state index is 14.1. The van der Waals surface area contributed by atoms with Gasteiger partial charge in [-0.2, -0.15) is 0 Å². The number of H-pyrrole nitrogens is 2. The van der Waals surface area contributed by atoms with Gasteiger partial charge in [-0.3, -0.25) is 25.2 Å². The first-order valence-electron chi connectivity index (χ1n) is 15.7. The number of aryl methyl sites for hydroxylation is 1. The minimum Gasteiger partial charge on any atom is -0.457 e. The summed E-state index contributed by atoms with van der Waals surface area (Å²) >= 11 is 0. The Labute approximate surface area is 271 Å². The molecule has 4 aromatic carbocycles.